The van der Waals surface area contributed by atoms with Gasteiger partial charge in [0.25, 0.3) is 0 Å². The van der Waals surface area contributed by atoms with Gasteiger partial charge in [-0.15, -0.1) is 0 Å². The van der Waals surface area contributed by atoms with Crippen LogP contribution in [0, 0.1) is 0 Å². The fourth-order valence-corrected chi connectivity index (χ4v) is 1.42. The Bertz CT molecular complexity index is 318. The number of nitrogen functional groups attached to an aromatic ring is 1. The number of benzene rings is 1. The summed E-state index contributed by atoms with van der Waals surface area (Å²) in [6, 6.07) is 5.77. The van der Waals surface area contributed by atoms with Crippen LogP contribution in [0.15, 0.2) is 30.4 Å². The standard InChI is InChI=1S/C11H14ClN/c1-3-4-8(2)9-5-6-11(13)10(12)7-9/h3-8H,13H2,1-2H3/b4-3+. The fourth-order valence-electron chi connectivity index (χ4n) is 1.23. The first kappa shape index (κ1) is 10.1. The van der Waals surface area contributed by atoms with Gasteiger partial charge in [0, 0.05) is 0 Å². The molecule has 0 aliphatic carbocycles. The monoisotopic (exact) mass is 195 g/mol. The van der Waals surface area contributed by atoms with Crippen LogP contribution in [0.3, 0.4) is 0 Å². The van der Waals surface area contributed by atoms with Crippen LogP contribution in [0.4, 0.5) is 5.69 Å². The maximum absolute atomic E-state index is 5.91. The van der Waals surface area contributed by atoms with Crippen LogP contribution in [0.1, 0.15) is 25.3 Å². The molecule has 1 atom stereocenters. The van der Waals surface area contributed by atoms with Gasteiger partial charge in [-0.05, 0) is 30.5 Å². The van der Waals surface area contributed by atoms with Gasteiger partial charge in [0.1, 0.15) is 0 Å². The van der Waals surface area contributed by atoms with Gasteiger partial charge in [-0.25, -0.2) is 0 Å². The Balaban J connectivity index is 2.96. The summed E-state index contributed by atoms with van der Waals surface area (Å²) in [6.45, 7) is 4.14. The second-order valence-corrected chi connectivity index (χ2v) is 3.50. The van der Waals surface area contributed by atoms with E-state index in [1.165, 1.54) is 5.56 Å². The topological polar surface area (TPSA) is 26.0 Å². The molecule has 1 rings (SSSR count). The minimum absolute atomic E-state index is 0.392. The summed E-state index contributed by atoms with van der Waals surface area (Å²) in [5.74, 6) is 0.392. The number of anilines is 1. The zero-order chi connectivity index (χ0) is 9.84. The lowest BCUT2D eigenvalue weighted by atomic mass is 10.0. The first-order valence-corrected chi connectivity index (χ1v) is 4.70. The van der Waals surface area contributed by atoms with Gasteiger partial charge >= 0.3 is 0 Å². The van der Waals surface area contributed by atoms with Gasteiger partial charge in [0.05, 0.1) is 10.7 Å². The van der Waals surface area contributed by atoms with Crippen LogP contribution < -0.4 is 5.73 Å². The fraction of sp³-hybridized carbons (Fsp3) is 0.273. The summed E-state index contributed by atoms with van der Waals surface area (Å²) in [5.41, 5.74) is 7.44. The third kappa shape index (κ3) is 2.49. The Hall–Kier alpha value is -0.950. The molecule has 1 aromatic rings. The molecule has 0 radical (unpaired) electrons. The largest absolute Gasteiger partial charge is 0.398 e. The average molecular weight is 196 g/mol. The van der Waals surface area contributed by atoms with E-state index in [0.29, 0.717) is 16.6 Å². The SMILES string of the molecule is C/C=C/C(C)c1ccc(N)c(Cl)c1. The maximum atomic E-state index is 5.91. The smallest absolute Gasteiger partial charge is 0.0638 e. The van der Waals surface area contributed by atoms with Crippen LogP contribution in [-0.4, -0.2) is 0 Å². The Morgan fingerprint density at radius 1 is 1.46 bits per heavy atom. The molecular weight excluding hydrogens is 182 g/mol. The molecule has 0 bridgehead atoms. The molecule has 1 unspecified atom stereocenters. The zero-order valence-corrected chi connectivity index (χ0v) is 8.68. The summed E-state index contributed by atoms with van der Waals surface area (Å²) in [5, 5.41) is 0.633. The van der Waals surface area contributed by atoms with Gasteiger partial charge in [-0.2, -0.15) is 0 Å². The average Bonchev–Trinajstić information content (AvgIpc) is 2.10. The second-order valence-electron chi connectivity index (χ2n) is 3.10. The van der Waals surface area contributed by atoms with Gasteiger partial charge in [0.2, 0.25) is 0 Å². The highest BCUT2D eigenvalue weighted by molar-refractivity contribution is 6.33. The number of hydrogen-bond donors (Lipinski definition) is 1. The minimum atomic E-state index is 0.392. The van der Waals surface area contributed by atoms with Gasteiger partial charge in [-0.1, -0.05) is 36.7 Å². The lowest BCUT2D eigenvalue weighted by Gasteiger charge is -2.07. The minimum Gasteiger partial charge on any atom is -0.398 e. The highest BCUT2D eigenvalue weighted by atomic mass is 35.5. The molecule has 70 valence electrons. The van der Waals surface area contributed by atoms with Crippen molar-refractivity contribution in [2.45, 2.75) is 19.8 Å². The summed E-state index contributed by atoms with van der Waals surface area (Å²) in [7, 11) is 0. The molecule has 0 aromatic heterocycles. The van der Waals surface area contributed by atoms with Crippen molar-refractivity contribution in [1.29, 1.82) is 0 Å². The van der Waals surface area contributed by atoms with E-state index in [1.54, 1.807) is 0 Å². The lowest BCUT2D eigenvalue weighted by molar-refractivity contribution is 0.966. The van der Waals surface area contributed by atoms with E-state index in [-0.39, 0.29) is 0 Å². The molecule has 0 heterocycles. The predicted octanol–water partition coefficient (Wildman–Crippen LogP) is 3.60. The second kappa shape index (κ2) is 4.33. The number of nitrogens with two attached hydrogens (primary N) is 1. The van der Waals surface area contributed by atoms with Gasteiger partial charge in [-0.3, -0.25) is 0 Å². The van der Waals surface area contributed by atoms with Crippen molar-refractivity contribution in [3.8, 4) is 0 Å². The maximum Gasteiger partial charge on any atom is 0.0638 e. The molecule has 0 fully saturated rings. The number of hydrogen-bond acceptors (Lipinski definition) is 1. The van der Waals surface area contributed by atoms with Crippen molar-refractivity contribution < 1.29 is 0 Å². The molecule has 1 nitrogen and oxygen atoms in total. The van der Waals surface area contributed by atoms with Crippen molar-refractivity contribution in [2.75, 3.05) is 5.73 Å². The third-order valence-electron chi connectivity index (χ3n) is 2.03. The van der Waals surface area contributed by atoms with E-state index in [2.05, 4.69) is 13.0 Å². The normalized spacial score (nSPS) is 13.5. The zero-order valence-electron chi connectivity index (χ0n) is 7.92. The molecule has 1 aromatic carbocycles. The Morgan fingerprint density at radius 2 is 2.15 bits per heavy atom. The summed E-state index contributed by atoms with van der Waals surface area (Å²) in [4.78, 5) is 0. The van der Waals surface area contributed by atoms with E-state index < -0.39 is 0 Å². The molecule has 0 saturated carbocycles. The van der Waals surface area contributed by atoms with Crippen molar-refractivity contribution in [3.63, 3.8) is 0 Å². The number of rotatable bonds is 2. The Labute approximate surface area is 84.2 Å². The Kier molecular flexibility index (Phi) is 3.38. The molecular formula is C11H14ClN. The molecule has 2 heteroatoms. The molecule has 0 spiro atoms. The van der Waals surface area contributed by atoms with E-state index in [0.717, 1.165) is 0 Å². The van der Waals surface area contributed by atoms with E-state index >= 15 is 0 Å². The van der Waals surface area contributed by atoms with Crippen molar-refractivity contribution in [2.24, 2.45) is 0 Å². The van der Waals surface area contributed by atoms with Gasteiger partial charge < -0.3 is 5.73 Å². The summed E-state index contributed by atoms with van der Waals surface area (Å²) < 4.78 is 0. The van der Waals surface area contributed by atoms with Crippen LogP contribution in [0.25, 0.3) is 0 Å². The lowest BCUT2D eigenvalue weighted by Crippen LogP contribution is -1.92. The molecule has 2 N–H and O–H groups in total. The third-order valence-corrected chi connectivity index (χ3v) is 2.36. The molecule has 0 saturated heterocycles. The first-order chi connectivity index (χ1) is 6.15. The van der Waals surface area contributed by atoms with E-state index in [4.69, 9.17) is 17.3 Å². The van der Waals surface area contributed by atoms with Crippen molar-refractivity contribution in [3.05, 3.63) is 40.9 Å². The number of allylic oxidation sites excluding steroid dienone is 2. The van der Waals surface area contributed by atoms with Crippen LogP contribution in [0.2, 0.25) is 5.02 Å². The van der Waals surface area contributed by atoms with E-state index in [1.807, 2.05) is 31.2 Å². The van der Waals surface area contributed by atoms with E-state index in [9.17, 15) is 0 Å². The molecule has 13 heavy (non-hydrogen) atoms. The predicted molar refractivity (Wildman–Crippen MR) is 59.1 cm³/mol. The highest BCUT2D eigenvalue weighted by Crippen LogP contribution is 2.24. The first-order valence-electron chi connectivity index (χ1n) is 4.33. The Morgan fingerprint density at radius 3 is 2.69 bits per heavy atom. The summed E-state index contributed by atoms with van der Waals surface area (Å²) in [6.07, 6.45) is 4.16. The quantitative estimate of drug-likeness (QED) is 0.567. The molecule has 0 aliphatic heterocycles. The van der Waals surface area contributed by atoms with Crippen LogP contribution in [0.5, 0.6) is 0 Å². The highest BCUT2D eigenvalue weighted by Gasteiger charge is 2.03. The van der Waals surface area contributed by atoms with Gasteiger partial charge in [0.15, 0.2) is 0 Å². The number of halogens is 1. The van der Waals surface area contributed by atoms with Crippen molar-refractivity contribution in [1.82, 2.24) is 0 Å². The van der Waals surface area contributed by atoms with Crippen molar-refractivity contribution >= 4 is 17.3 Å². The van der Waals surface area contributed by atoms with Crippen LogP contribution in [-0.2, 0) is 0 Å². The summed E-state index contributed by atoms with van der Waals surface area (Å²) >= 11 is 5.91. The molecule has 0 aliphatic rings. The molecule has 0 amide bonds. The van der Waals surface area contributed by atoms with Crippen LogP contribution >= 0.6 is 11.6 Å².